The van der Waals surface area contributed by atoms with Crippen LogP contribution in [0, 0.1) is 0 Å². The second-order valence-corrected chi connectivity index (χ2v) is 5.15. The zero-order chi connectivity index (χ0) is 11.7. The quantitative estimate of drug-likeness (QED) is 0.899. The molecule has 2 heterocycles. The predicted molar refractivity (Wildman–Crippen MR) is 67.7 cm³/mol. The van der Waals surface area contributed by atoms with E-state index < -0.39 is 0 Å². The second kappa shape index (κ2) is 4.50. The molecule has 0 unspecified atom stereocenters. The van der Waals surface area contributed by atoms with Crippen molar-refractivity contribution in [3.05, 3.63) is 35.7 Å². The van der Waals surface area contributed by atoms with Gasteiger partial charge in [0.15, 0.2) is 0 Å². The van der Waals surface area contributed by atoms with E-state index in [0.29, 0.717) is 11.7 Å². The highest BCUT2D eigenvalue weighted by molar-refractivity contribution is 8.00. The second-order valence-electron chi connectivity index (χ2n) is 4.07. The van der Waals surface area contributed by atoms with Crippen molar-refractivity contribution >= 4 is 11.8 Å². The lowest BCUT2D eigenvalue weighted by Gasteiger charge is -2.25. The van der Waals surface area contributed by atoms with Crippen molar-refractivity contribution in [1.29, 1.82) is 0 Å². The van der Waals surface area contributed by atoms with Crippen LogP contribution in [0.4, 0.5) is 0 Å². The van der Waals surface area contributed by atoms with Gasteiger partial charge in [0.1, 0.15) is 0 Å². The van der Waals surface area contributed by atoms with Crippen LogP contribution in [0.25, 0.3) is 11.4 Å². The number of thioether (sulfide) groups is 1. The smallest absolute Gasteiger partial charge is 0.240 e. The van der Waals surface area contributed by atoms with E-state index in [-0.39, 0.29) is 6.54 Å². The molecule has 4 nitrogen and oxygen atoms in total. The molecule has 1 aromatic carbocycles. The van der Waals surface area contributed by atoms with Crippen LogP contribution in [-0.2, 0) is 6.54 Å². The molecule has 1 aliphatic rings. The number of benzene rings is 1. The fraction of sp³-hybridized carbons (Fsp3) is 0.333. The Hall–Kier alpha value is -1.33. The minimum Gasteiger partial charge on any atom is -0.338 e. The molecule has 1 aromatic heterocycles. The Balaban J connectivity index is 1.83. The van der Waals surface area contributed by atoms with E-state index in [4.69, 9.17) is 10.3 Å². The molecule has 0 atom stereocenters. The van der Waals surface area contributed by atoms with E-state index in [1.807, 2.05) is 23.9 Å². The Morgan fingerprint density at radius 3 is 2.59 bits per heavy atom. The summed E-state index contributed by atoms with van der Waals surface area (Å²) < 4.78 is 4.99. The van der Waals surface area contributed by atoms with Crippen molar-refractivity contribution in [1.82, 2.24) is 10.1 Å². The Bertz CT molecular complexity index is 505. The largest absolute Gasteiger partial charge is 0.338 e. The summed E-state index contributed by atoms with van der Waals surface area (Å²) >= 11 is 1.99. The average molecular weight is 247 g/mol. The minimum atomic E-state index is 0.282. The highest BCUT2D eigenvalue weighted by Gasteiger charge is 2.20. The van der Waals surface area contributed by atoms with Gasteiger partial charge in [0.05, 0.1) is 6.54 Å². The lowest BCUT2D eigenvalue weighted by molar-refractivity contribution is 0.380. The van der Waals surface area contributed by atoms with E-state index in [1.165, 1.54) is 17.1 Å². The molecule has 3 rings (SSSR count). The molecular weight excluding hydrogens is 234 g/mol. The highest BCUT2D eigenvalue weighted by Crippen LogP contribution is 2.34. The van der Waals surface area contributed by atoms with Crippen LogP contribution < -0.4 is 5.73 Å². The molecule has 0 amide bonds. The van der Waals surface area contributed by atoms with Gasteiger partial charge >= 0.3 is 0 Å². The topological polar surface area (TPSA) is 64.9 Å². The van der Waals surface area contributed by atoms with Crippen LogP contribution >= 0.6 is 11.8 Å². The number of nitrogens with two attached hydrogens (primary N) is 1. The third-order valence-electron chi connectivity index (χ3n) is 2.92. The first-order valence-corrected chi connectivity index (χ1v) is 6.73. The van der Waals surface area contributed by atoms with Crippen LogP contribution in [0.2, 0.25) is 0 Å². The Kier molecular flexibility index (Phi) is 2.86. The maximum Gasteiger partial charge on any atom is 0.240 e. The maximum atomic E-state index is 5.43. The highest BCUT2D eigenvalue weighted by atomic mass is 32.2. The zero-order valence-electron chi connectivity index (χ0n) is 9.30. The number of rotatable bonds is 3. The standard InChI is InChI=1S/C12H13N3OS/c13-5-11-14-12(15-16-11)9-3-1-8(2-4-9)10-6-17-7-10/h1-4,10H,5-7,13H2. The van der Waals surface area contributed by atoms with E-state index in [0.717, 1.165) is 11.5 Å². The van der Waals surface area contributed by atoms with Gasteiger partial charge in [-0.15, -0.1) is 0 Å². The number of hydrogen-bond acceptors (Lipinski definition) is 5. The summed E-state index contributed by atoms with van der Waals surface area (Å²) in [6.07, 6.45) is 0. The van der Waals surface area contributed by atoms with Gasteiger partial charge in [-0.05, 0) is 5.56 Å². The molecule has 2 aromatic rings. The van der Waals surface area contributed by atoms with Gasteiger partial charge in [-0.25, -0.2) is 0 Å². The molecule has 0 bridgehead atoms. The molecule has 88 valence electrons. The molecule has 0 aliphatic carbocycles. The van der Waals surface area contributed by atoms with Crippen LogP contribution in [-0.4, -0.2) is 21.6 Å². The predicted octanol–water partition coefficient (Wildman–Crippen LogP) is 2.03. The summed E-state index contributed by atoms with van der Waals surface area (Å²) in [6.45, 7) is 0.282. The van der Waals surface area contributed by atoms with Crippen molar-refractivity contribution in [2.75, 3.05) is 11.5 Å². The molecule has 1 saturated heterocycles. The summed E-state index contributed by atoms with van der Waals surface area (Å²) in [5, 5.41) is 3.90. The summed E-state index contributed by atoms with van der Waals surface area (Å²) in [5.74, 6) is 4.27. The first-order chi connectivity index (χ1) is 8.36. The molecule has 0 saturated carbocycles. The van der Waals surface area contributed by atoms with Crippen molar-refractivity contribution in [2.24, 2.45) is 5.73 Å². The molecular formula is C12H13N3OS. The van der Waals surface area contributed by atoms with Gasteiger partial charge in [0, 0.05) is 23.0 Å². The van der Waals surface area contributed by atoms with E-state index >= 15 is 0 Å². The van der Waals surface area contributed by atoms with Crippen molar-refractivity contribution in [2.45, 2.75) is 12.5 Å². The Morgan fingerprint density at radius 1 is 1.29 bits per heavy atom. The molecule has 1 fully saturated rings. The van der Waals surface area contributed by atoms with E-state index in [2.05, 4.69) is 22.3 Å². The molecule has 0 radical (unpaired) electrons. The summed E-state index contributed by atoms with van der Waals surface area (Å²) in [4.78, 5) is 4.20. The van der Waals surface area contributed by atoms with Crippen LogP contribution in [0.1, 0.15) is 17.4 Å². The van der Waals surface area contributed by atoms with E-state index in [9.17, 15) is 0 Å². The Morgan fingerprint density at radius 2 is 2.06 bits per heavy atom. The van der Waals surface area contributed by atoms with Crippen molar-refractivity contribution in [3.63, 3.8) is 0 Å². The fourth-order valence-corrected chi connectivity index (χ4v) is 2.64. The summed E-state index contributed by atoms with van der Waals surface area (Å²) in [6, 6.07) is 8.39. The van der Waals surface area contributed by atoms with Gasteiger partial charge in [-0.1, -0.05) is 29.4 Å². The number of hydrogen-bond donors (Lipinski definition) is 1. The average Bonchev–Trinajstić information content (AvgIpc) is 2.76. The van der Waals surface area contributed by atoms with Crippen molar-refractivity contribution in [3.8, 4) is 11.4 Å². The molecule has 2 N–H and O–H groups in total. The lowest BCUT2D eigenvalue weighted by Crippen LogP contribution is -2.15. The van der Waals surface area contributed by atoms with Gasteiger partial charge < -0.3 is 10.3 Å². The van der Waals surface area contributed by atoms with Gasteiger partial charge in [0.2, 0.25) is 11.7 Å². The molecule has 1 aliphatic heterocycles. The fourth-order valence-electron chi connectivity index (χ4n) is 1.79. The summed E-state index contributed by atoms with van der Waals surface area (Å²) in [7, 11) is 0. The SMILES string of the molecule is NCc1nc(-c2ccc(C3CSC3)cc2)no1. The Labute approximate surface area is 104 Å². The first kappa shape index (κ1) is 10.8. The molecule has 17 heavy (non-hydrogen) atoms. The van der Waals surface area contributed by atoms with Gasteiger partial charge in [-0.3, -0.25) is 0 Å². The number of nitrogens with zero attached hydrogens (tertiary/aromatic N) is 2. The lowest BCUT2D eigenvalue weighted by atomic mass is 10.0. The van der Waals surface area contributed by atoms with Gasteiger partial charge in [0.25, 0.3) is 0 Å². The maximum absolute atomic E-state index is 5.43. The third kappa shape index (κ3) is 2.08. The van der Waals surface area contributed by atoms with Crippen molar-refractivity contribution < 1.29 is 4.52 Å². The van der Waals surface area contributed by atoms with E-state index in [1.54, 1.807) is 0 Å². The molecule has 5 heteroatoms. The summed E-state index contributed by atoms with van der Waals surface area (Å²) in [5.41, 5.74) is 7.81. The minimum absolute atomic E-state index is 0.282. The molecule has 0 spiro atoms. The normalized spacial score (nSPS) is 15.8. The van der Waals surface area contributed by atoms with Crippen LogP contribution in [0.5, 0.6) is 0 Å². The first-order valence-electron chi connectivity index (χ1n) is 5.57. The van der Waals surface area contributed by atoms with Crippen LogP contribution in [0.15, 0.2) is 28.8 Å². The third-order valence-corrected chi connectivity index (χ3v) is 4.20. The van der Waals surface area contributed by atoms with Crippen LogP contribution in [0.3, 0.4) is 0 Å². The van der Waals surface area contributed by atoms with Gasteiger partial charge in [-0.2, -0.15) is 16.7 Å². The number of aromatic nitrogens is 2. The zero-order valence-corrected chi connectivity index (χ0v) is 10.1. The monoisotopic (exact) mass is 247 g/mol.